The third-order valence-electron chi connectivity index (χ3n) is 1.51. The lowest BCUT2D eigenvalue weighted by atomic mass is 10.3. The van der Waals surface area contributed by atoms with Gasteiger partial charge in [0.05, 0.1) is 10.7 Å². The maximum atomic E-state index is 5.96. The number of nitrogens with one attached hydrogen (secondary N) is 1. The average molecular weight is 306 g/mol. The first-order valence-corrected chi connectivity index (χ1v) is 5.32. The highest BCUT2D eigenvalue weighted by atomic mass is 127. The normalized spacial score (nSPS) is 9.31. The van der Waals surface area contributed by atoms with Crippen LogP contribution in [0.4, 0.5) is 5.69 Å². The molecule has 1 rings (SSSR count). The molecular formula is C10H9ClIN. The molecule has 0 aliphatic carbocycles. The monoisotopic (exact) mass is 305 g/mol. The Balaban J connectivity index is 2.65. The van der Waals surface area contributed by atoms with Gasteiger partial charge in [-0.05, 0) is 40.8 Å². The van der Waals surface area contributed by atoms with E-state index in [2.05, 4.69) is 33.8 Å². The van der Waals surface area contributed by atoms with E-state index in [1.165, 1.54) is 0 Å². The molecule has 0 radical (unpaired) electrons. The van der Waals surface area contributed by atoms with Crippen LogP contribution in [0.5, 0.6) is 0 Å². The van der Waals surface area contributed by atoms with Gasteiger partial charge in [0, 0.05) is 16.5 Å². The lowest BCUT2D eigenvalue weighted by Crippen LogP contribution is -2.00. The summed E-state index contributed by atoms with van der Waals surface area (Å²) in [6, 6.07) is 5.84. The summed E-state index contributed by atoms with van der Waals surface area (Å²) in [7, 11) is 0. The highest BCUT2D eigenvalue weighted by molar-refractivity contribution is 14.1. The van der Waals surface area contributed by atoms with Crippen molar-refractivity contribution in [3.8, 4) is 12.3 Å². The van der Waals surface area contributed by atoms with E-state index in [0.29, 0.717) is 6.42 Å². The molecule has 13 heavy (non-hydrogen) atoms. The van der Waals surface area contributed by atoms with Crippen LogP contribution in [0, 0.1) is 15.9 Å². The minimum atomic E-state index is 0.710. The Morgan fingerprint density at radius 3 is 3.00 bits per heavy atom. The molecule has 1 nitrogen and oxygen atoms in total. The summed E-state index contributed by atoms with van der Waals surface area (Å²) in [4.78, 5) is 0. The van der Waals surface area contributed by atoms with Crippen molar-refractivity contribution >= 4 is 39.9 Å². The first-order valence-electron chi connectivity index (χ1n) is 3.86. The van der Waals surface area contributed by atoms with Crippen LogP contribution in [0.1, 0.15) is 6.42 Å². The van der Waals surface area contributed by atoms with E-state index >= 15 is 0 Å². The van der Waals surface area contributed by atoms with E-state index in [0.717, 1.165) is 20.8 Å². The van der Waals surface area contributed by atoms with Gasteiger partial charge < -0.3 is 5.32 Å². The molecule has 0 aromatic heterocycles. The fourth-order valence-corrected chi connectivity index (χ4v) is 1.58. The molecule has 3 heteroatoms. The second-order valence-electron chi connectivity index (χ2n) is 2.51. The van der Waals surface area contributed by atoms with Crippen LogP contribution < -0.4 is 5.32 Å². The Bertz CT molecular complexity index is 330. The number of terminal acetylenes is 1. The lowest BCUT2D eigenvalue weighted by Gasteiger charge is -2.06. The molecule has 0 unspecified atom stereocenters. The number of hydrogen-bond acceptors (Lipinski definition) is 1. The lowest BCUT2D eigenvalue weighted by molar-refractivity contribution is 1.10. The topological polar surface area (TPSA) is 12.0 Å². The smallest absolute Gasteiger partial charge is 0.0638 e. The van der Waals surface area contributed by atoms with Crippen molar-refractivity contribution in [3.63, 3.8) is 0 Å². The van der Waals surface area contributed by atoms with Crippen LogP contribution in [0.15, 0.2) is 18.2 Å². The highest BCUT2D eigenvalue weighted by Gasteiger charge is 1.98. The van der Waals surface area contributed by atoms with E-state index < -0.39 is 0 Å². The summed E-state index contributed by atoms with van der Waals surface area (Å²) in [5.74, 6) is 2.56. The zero-order valence-electron chi connectivity index (χ0n) is 6.98. The van der Waals surface area contributed by atoms with Crippen molar-refractivity contribution in [2.24, 2.45) is 0 Å². The number of halogens is 2. The van der Waals surface area contributed by atoms with E-state index in [1.54, 1.807) is 0 Å². The van der Waals surface area contributed by atoms with Gasteiger partial charge in [0.15, 0.2) is 0 Å². The fourth-order valence-electron chi connectivity index (χ4n) is 0.902. The van der Waals surface area contributed by atoms with Gasteiger partial charge >= 0.3 is 0 Å². The van der Waals surface area contributed by atoms with Crippen LogP contribution in [0.2, 0.25) is 5.02 Å². The van der Waals surface area contributed by atoms with Gasteiger partial charge in [-0.2, -0.15) is 0 Å². The van der Waals surface area contributed by atoms with E-state index in [9.17, 15) is 0 Å². The Labute approximate surface area is 97.0 Å². The zero-order valence-corrected chi connectivity index (χ0v) is 9.89. The first kappa shape index (κ1) is 10.7. The van der Waals surface area contributed by atoms with Gasteiger partial charge in [-0.3, -0.25) is 0 Å². The van der Waals surface area contributed by atoms with Crippen LogP contribution in [-0.4, -0.2) is 6.54 Å². The van der Waals surface area contributed by atoms with Crippen LogP contribution in [-0.2, 0) is 0 Å². The predicted molar refractivity (Wildman–Crippen MR) is 66.1 cm³/mol. The molecule has 0 fully saturated rings. The summed E-state index contributed by atoms with van der Waals surface area (Å²) >= 11 is 8.20. The number of benzene rings is 1. The van der Waals surface area contributed by atoms with Gasteiger partial charge in [0.1, 0.15) is 0 Å². The molecule has 0 heterocycles. The molecule has 0 saturated carbocycles. The van der Waals surface area contributed by atoms with Crippen LogP contribution in [0.3, 0.4) is 0 Å². The molecule has 68 valence electrons. The summed E-state index contributed by atoms with van der Waals surface area (Å²) in [5.41, 5.74) is 0.948. The van der Waals surface area contributed by atoms with Crippen molar-refractivity contribution in [3.05, 3.63) is 26.8 Å². The number of anilines is 1. The number of rotatable bonds is 3. The standard InChI is InChI=1S/C10H9ClIN/c1-2-3-6-13-10-7-8(12)4-5-9(10)11/h1,4-5,7,13H,3,6H2. The predicted octanol–water partition coefficient (Wildman–Crippen LogP) is 3.38. The molecule has 0 saturated heterocycles. The van der Waals surface area contributed by atoms with Gasteiger partial charge in [0.2, 0.25) is 0 Å². The van der Waals surface area contributed by atoms with Crippen molar-refractivity contribution in [1.82, 2.24) is 0 Å². The van der Waals surface area contributed by atoms with Crippen molar-refractivity contribution < 1.29 is 0 Å². The minimum Gasteiger partial charge on any atom is -0.383 e. The highest BCUT2D eigenvalue weighted by Crippen LogP contribution is 2.23. The number of hydrogen-bond donors (Lipinski definition) is 1. The molecule has 0 aliphatic heterocycles. The fraction of sp³-hybridized carbons (Fsp3) is 0.200. The summed E-state index contributed by atoms with van der Waals surface area (Å²) < 4.78 is 1.16. The summed E-state index contributed by atoms with van der Waals surface area (Å²) in [6.45, 7) is 0.760. The second kappa shape index (κ2) is 5.36. The Hall–Kier alpha value is -0.400. The maximum Gasteiger partial charge on any atom is 0.0638 e. The van der Waals surface area contributed by atoms with Gasteiger partial charge in [-0.25, -0.2) is 0 Å². The SMILES string of the molecule is C#CCCNc1cc(I)ccc1Cl. The molecule has 0 bridgehead atoms. The van der Waals surface area contributed by atoms with Gasteiger partial charge in [-0.15, -0.1) is 12.3 Å². The molecule has 0 aliphatic rings. The molecule has 0 spiro atoms. The average Bonchev–Trinajstić information content (AvgIpc) is 2.11. The largest absolute Gasteiger partial charge is 0.383 e. The third kappa shape index (κ3) is 3.45. The third-order valence-corrected chi connectivity index (χ3v) is 2.51. The van der Waals surface area contributed by atoms with E-state index in [-0.39, 0.29) is 0 Å². The van der Waals surface area contributed by atoms with E-state index in [4.69, 9.17) is 18.0 Å². The summed E-state index contributed by atoms with van der Waals surface area (Å²) in [5, 5.41) is 3.91. The van der Waals surface area contributed by atoms with Crippen LogP contribution >= 0.6 is 34.2 Å². The quantitative estimate of drug-likeness (QED) is 0.513. The van der Waals surface area contributed by atoms with Gasteiger partial charge in [0.25, 0.3) is 0 Å². The zero-order chi connectivity index (χ0) is 9.68. The first-order chi connectivity index (χ1) is 6.24. The Morgan fingerprint density at radius 1 is 1.54 bits per heavy atom. The summed E-state index contributed by atoms with van der Waals surface area (Å²) in [6.07, 6.45) is 5.85. The van der Waals surface area contributed by atoms with Crippen molar-refractivity contribution in [2.45, 2.75) is 6.42 Å². The van der Waals surface area contributed by atoms with Gasteiger partial charge in [-0.1, -0.05) is 11.6 Å². The second-order valence-corrected chi connectivity index (χ2v) is 4.16. The Morgan fingerprint density at radius 2 is 2.31 bits per heavy atom. The molecular weight excluding hydrogens is 296 g/mol. The minimum absolute atomic E-state index is 0.710. The molecule has 1 N–H and O–H groups in total. The van der Waals surface area contributed by atoms with Crippen LogP contribution in [0.25, 0.3) is 0 Å². The molecule has 1 aromatic rings. The van der Waals surface area contributed by atoms with Crippen molar-refractivity contribution in [1.29, 1.82) is 0 Å². The van der Waals surface area contributed by atoms with Crippen molar-refractivity contribution in [2.75, 3.05) is 11.9 Å². The molecule has 0 amide bonds. The Kier molecular flexibility index (Phi) is 4.40. The maximum absolute atomic E-state index is 5.96. The molecule has 1 aromatic carbocycles. The van der Waals surface area contributed by atoms with E-state index in [1.807, 2.05) is 18.2 Å². The molecule has 0 atom stereocenters.